The van der Waals surface area contributed by atoms with Crippen molar-refractivity contribution in [3.63, 3.8) is 0 Å². The average molecular weight is 361 g/mol. The first-order chi connectivity index (χ1) is 13.0. The van der Waals surface area contributed by atoms with Gasteiger partial charge in [0, 0.05) is 11.6 Å². The van der Waals surface area contributed by atoms with Gasteiger partial charge in [-0.3, -0.25) is 10.1 Å². The van der Waals surface area contributed by atoms with Crippen LogP contribution in [-0.2, 0) is 11.3 Å². The highest BCUT2D eigenvalue weighted by atomic mass is 16.5. The average Bonchev–Trinajstić information content (AvgIpc) is 3.04. The number of rotatable bonds is 6. The minimum atomic E-state index is -1.36. The molecule has 27 heavy (non-hydrogen) atoms. The number of nitrogens with one attached hydrogen (secondary N) is 1. The van der Waals surface area contributed by atoms with Crippen LogP contribution in [0.5, 0.6) is 5.75 Å². The fourth-order valence-electron chi connectivity index (χ4n) is 2.88. The number of ether oxygens (including phenoxy) is 1. The summed E-state index contributed by atoms with van der Waals surface area (Å²) in [5, 5.41) is 3.54. The first-order valence-electron chi connectivity index (χ1n) is 8.32. The number of carbonyl (C=O) groups excluding carboxylic acids is 2. The van der Waals surface area contributed by atoms with E-state index in [4.69, 9.17) is 16.9 Å². The zero-order chi connectivity index (χ0) is 19.4. The van der Waals surface area contributed by atoms with Gasteiger partial charge in [-0.05, 0) is 31.3 Å². The van der Waals surface area contributed by atoms with E-state index in [1.54, 1.807) is 42.1 Å². The van der Waals surface area contributed by atoms with Crippen molar-refractivity contribution in [2.45, 2.75) is 12.1 Å². The van der Waals surface area contributed by atoms with Crippen molar-refractivity contribution >= 4 is 22.8 Å². The molecule has 1 atom stereocenters. The summed E-state index contributed by atoms with van der Waals surface area (Å²) in [6.07, 6.45) is 7.21. The Morgan fingerprint density at radius 3 is 2.48 bits per heavy atom. The lowest BCUT2D eigenvalue weighted by atomic mass is 10.00. The maximum Gasteiger partial charge on any atom is 0.343 e. The summed E-state index contributed by atoms with van der Waals surface area (Å²) in [6.45, 7) is 0.0960. The summed E-state index contributed by atoms with van der Waals surface area (Å²) in [5.74, 6) is 1.69. The van der Waals surface area contributed by atoms with Crippen LogP contribution in [0.25, 0.3) is 10.9 Å². The topological polar surface area (TPSA) is 86.3 Å². The number of hydrogen-bond donors (Lipinski definition) is 2. The molecule has 1 aromatic heterocycles. The first kappa shape index (κ1) is 18.2. The van der Waals surface area contributed by atoms with E-state index in [-0.39, 0.29) is 6.54 Å². The standard InChI is InChI=1S/C21H19N3O3/c1-3-21(23-2,20(22)26)14-24-13-18(16-11-7-8-12-17(16)24)27-19(25)15-9-5-4-6-10-15/h1,4-13,23H,14H2,2H3,(H2,22,26). The van der Waals surface area contributed by atoms with Gasteiger partial charge in [0.05, 0.1) is 17.6 Å². The third-order valence-electron chi connectivity index (χ3n) is 4.47. The number of hydrogen-bond acceptors (Lipinski definition) is 4. The summed E-state index contributed by atoms with van der Waals surface area (Å²) >= 11 is 0. The molecular formula is C21H19N3O3. The maximum absolute atomic E-state index is 12.4. The van der Waals surface area contributed by atoms with Gasteiger partial charge < -0.3 is 15.0 Å². The van der Waals surface area contributed by atoms with Gasteiger partial charge >= 0.3 is 5.97 Å². The van der Waals surface area contributed by atoms with Crippen LogP contribution in [0.4, 0.5) is 0 Å². The Kier molecular flexibility index (Phi) is 4.97. The number of amides is 1. The van der Waals surface area contributed by atoms with E-state index in [1.807, 2.05) is 30.3 Å². The molecule has 0 saturated carbocycles. The van der Waals surface area contributed by atoms with E-state index in [0.29, 0.717) is 11.3 Å². The summed E-state index contributed by atoms with van der Waals surface area (Å²) in [4.78, 5) is 24.3. The number of carbonyl (C=O) groups is 2. The van der Waals surface area contributed by atoms with Crippen LogP contribution in [0.2, 0.25) is 0 Å². The number of likely N-dealkylation sites (N-methyl/N-ethyl adjacent to an activating group) is 1. The third-order valence-corrected chi connectivity index (χ3v) is 4.47. The summed E-state index contributed by atoms with van der Waals surface area (Å²) in [7, 11) is 1.58. The molecule has 1 heterocycles. The predicted octanol–water partition coefficient (Wildman–Crippen LogP) is 1.94. The van der Waals surface area contributed by atoms with Crippen LogP contribution in [-0.4, -0.2) is 29.0 Å². The van der Waals surface area contributed by atoms with Crippen molar-refractivity contribution in [3.8, 4) is 18.1 Å². The minimum Gasteiger partial charge on any atom is -0.421 e. The summed E-state index contributed by atoms with van der Waals surface area (Å²) in [5.41, 5.74) is 5.36. The number of esters is 1. The zero-order valence-electron chi connectivity index (χ0n) is 14.8. The van der Waals surface area contributed by atoms with Crippen molar-refractivity contribution in [3.05, 3.63) is 66.4 Å². The molecule has 6 heteroatoms. The second-order valence-electron chi connectivity index (χ2n) is 6.06. The Hall–Kier alpha value is -3.56. The number of benzene rings is 2. The van der Waals surface area contributed by atoms with E-state index in [1.165, 1.54) is 0 Å². The Labute approximate surface area is 156 Å². The highest BCUT2D eigenvalue weighted by Gasteiger charge is 2.34. The van der Waals surface area contributed by atoms with Crippen LogP contribution in [0.1, 0.15) is 10.4 Å². The SMILES string of the molecule is C#CC(Cn1cc(OC(=O)c2ccccc2)c2ccccc21)(NC)C(N)=O. The van der Waals surface area contributed by atoms with E-state index in [0.717, 1.165) is 10.9 Å². The molecule has 0 aliphatic heterocycles. The van der Waals surface area contributed by atoms with Gasteiger partial charge in [0.2, 0.25) is 0 Å². The molecule has 0 fully saturated rings. The smallest absolute Gasteiger partial charge is 0.343 e. The lowest BCUT2D eigenvalue weighted by Gasteiger charge is -2.25. The van der Waals surface area contributed by atoms with Crippen molar-refractivity contribution in [2.24, 2.45) is 5.73 Å². The second kappa shape index (κ2) is 7.36. The fraction of sp³-hybridized carbons (Fsp3) is 0.143. The molecule has 0 aliphatic rings. The molecule has 0 spiro atoms. The molecule has 3 N–H and O–H groups in total. The molecule has 1 amide bonds. The van der Waals surface area contributed by atoms with Crippen LogP contribution < -0.4 is 15.8 Å². The highest BCUT2D eigenvalue weighted by Crippen LogP contribution is 2.30. The summed E-state index contributed by atoms with van der Waals surface area (Å²) < 4.78 is 7.34. The van der Waals surface area contributed by atoms with Gasteiger partial charge in [-0.15, -0.1) is 6.42 Å². The Balaban J connectivity index is 2.01. The predicted molar refractivity (Wildman–Crippen MR) is 103 cm³/mol. The molecule has 2 aromatic carbocycles. The Morgan fingerprint density at radius 1 is 1.19 bits per heavy atom. The number of fused-ring (bicyclic) bond motifs is 1. The molecule has 1 unspecified atom stereocenters. The van der Waals surface area contributed by atoms with Crippen molar-refractivity contribution in [1.29, 1.82) is 0 Å². The molecular weight excluding hydrogens is 342 g/mol. The molecule has 0 bridgehead atoms. The van der Waals surface area contributed by atoms with E-state index < -0.39 is 17.4 Å². The van der Waals surface area contributed by atoms with Gasteiger partial charge in [0.25, 0.3) is 5.91 Å². The molecule has 0 radical (unpaired) electrons. The van der Waals surface area contributed by atoms with Crippen molar-refractivity contribution in [2.75, 3.05) is 7.05 Å². The molecule has 3 aromatic rings. The van der Waals surface area contributed by atoms with Crippen molar-refractivity contribution < 1.29 is 14.3 Å². The number of nitrogens with two attached hydrogens (primary N) is 1. The van der Waals surface area contributed by atoms with E-state index >= 15 is 0 Å². The molecule has 6 nitrogen and oxygen atoms in total. The van der Waals surface area contributed by atoms with Gasteiger partial charge in [-0.1, -0.05) is 36.3 Å². The van der Waals surface area contributed by atoms with Gasteiger partial charge in [-0.2, -0.15) is 0 Å². The molecule has 3 rings (SSSR count). The Bertz CT molecular complexity index is 1030. The lowest BCUT2D eigenvalue weighted by molar-refractivity contribution is -0.122. The second-order valence-corrected chi connectivity index (χ2v) is 6.06. The number of para-hydroxylation sites is 1. The number of aromatic nitrogens is 1. The molecule has 0 saturated heterocycles. The zero-order valence-corrected chi connectivity index (χ0v) is 14.8. The Morgan fingerprint density at radius 2 is 1.85 bits per heavy atom. The maximum atomic E-state index is 12.4. The van der Waals surface area contributed by atoms with Crippen LogP contribution in [0, 0.1) is 12.3 Å². The van der Waals surface area contributed by atoms with Crippen LogP contribution >= 0.6 is 0 Å². The largest absolute Gasteiger partial charge is 0.421 e. The molecule has 0 aliphatic carbocycles. The van der Waals surface area contributed by atoms with E-state index in [9.17, 15) is 9.59 Å². The highest BCUT2D eigenvalue weighted by molar-refractivity contribution is 5.95. The quantitative estimate of drug-likeness (QED) is 0.519. The first-order valence-corrected chi connectivity index (χ1v) is 8.32. The number of terminal acetylenes is 1. The fourth-order valence-corrected chi connectivity index (χ4v) is 2.88. The monoisotopic (exact) mass is 361 g/mol. The van der Waals surface area contributed by atoms with Gasteiger partial charge in [0.15, 0.2) is 11.3 Å². The van der Waals surface area contributed by atoms with Crippen molar-refractivity contribution in [1.82, 2.24) is 9.88 Å². The third kappa shape index (κ3) is 3.41. The lowest BCUT2D eigenvalue weighted by Crippen LogP contribution is -2.55. The normalized spacial score (nSPS) is 12.9. The summed E-state index contributed by atoms with van der Waals surface area (Å²) in [6, 6.07) is 16.1. The number of primary amides is 1. The minimum absolute atomic E-state index is 0.0960. The molecule has 136 valence electrons. The van der Waals surface area contributed by atoms with Gasteiger partial charge in [-0.25, -0.2) is 4.79 Å². The van der Waals surface area contributed by atoms with E-state index in [2.05, 4.69) is 11.2 Å². The number of nitrogens with zero attached hydrogens (tertiary/aromatic N) is 1. The van der Waals surface area contributed by atoms with Crippen LogP contribution in [0.3, 0.4) is 0 Å². The van der Waals surface area contributed by atoms with Crippen LogP contribution in [0.15, 0.2) is 60.8 Å². The van der Waals surface area contributed by atoms with Gasteiger partial charge in [0.1, 0.15) is 0 Å².